The average molecular weight is 152 g/mol. The maximum Gasteiger partial charge on any atom is 0.204 e. The highest BCUT2D eigenvalue weighted by Gasteiger charge is 2.26. The van der Waals surface area contributed by atoms with E-state index in [4.69, 9.17) is 0 Å². The van der Waals surface area contributed by atoms with Gasteiger partial charge in [-0.05, 0) is 0 Å². The van der Waals surface area contributed by atoms with Crippen LogP contribution in [0.15, 0.2) is 9.98 Å². The Balaban J connectivity index is 2.77. The van der Waals surface area contributed by atoms with Crippen LogP contribution in [0.3, 0.4) is 0 Å². The molecule has 0 atom stereocenters. The van der Waals surface area contributed by atoms with E-state index in [1.54, 1.807) is 6.21 Å². The predicted molar refractivity (Wildman–Crippen MR) is 45.3 cm³/mol. The van der Waals surface area contributed by atoms with Crippen molar-refractivity contribution in [3.8, 4) is 0 Å². The monoisotopic (exact) mass is 152 g/mol. The minimum absolute atomic E-state index is 0.0197. The number of carbonyl (C=O) groups excluding carboxylic acids is 1. The Labute approximate surface area is 66.2 Å². The smallest absolute Gasteiger partial charge is 0.204 e. The molecule has 0 aromatic carbocycles. The molecule has 0 bridgehead atoms. The van der Waals surface area contributed by atoms with Crippen LogP contribution < -0.4 is 0 Å². The maximum atomic E-state index is 11.4. The van der Waals surface area contributed by atoms with Gasteiger partial charge in [0, 0.05) is 11.6 Å². The molecule has 0 spiro atoms. The Morgan fingerprint density at radius 2 is 2.18 bits per heavy atom. The summed E-state index contributed by atoms with van der Waals surface area (Å²) >= 11 is 0. The average Bonchev–Trinajstić information content (AvgIpc) is 2.34. The fraction of sp³-hybridized carbons (Fsp3) is 0.625. The zero-order valence-corrected chi connectivity index (χ0v) is 7.09. The summed E-state index contributed by atoms with van der Waals surface area (Å²) in [6, 6.07) is 0. The van der Waals surface area contributed by atoms with E-state index in [0.29, 0.717) is 12.4 Å². The molecule has 0 aliphatic carbocycles. The molecule has 3 nitrogen and oxygen atoms in total. The molecular weight excluding hydrogens is 140 g/mol. The van der Waals surface area contributed by atoms with Gasteiger partial charge in [-0.15, -0.1) is 0 Å². The second kappa shape index (κ2) is 2.57. The lowest BCUT2D eigenvalue weighted by atomic mass is 9.90. The van der Waals surface area contributed by atoms with Crippen LogP contribution >= 0.6 is 0 Å². The number of hydrogen-bond donors (Lipinski definition) is 0. The molecule has 0 amide bonds. The van der Waals surface area contributed by atoms with Crippen LogP contribution in [0.2, 0.25) is 0 Å². The summed E-state index contributed by atoms with van der Waals surface area (Å²) in [5, 5.41) is 0. The van der Waals surface area contributed by atoms with Crippen molar-refractivity contribution in [3.05, 3.63) is 0 Å². The highest BCUT2D eigenvalue weighted by Crippen LogP contribution is 2.16. The van der Waals surface area contributed by atoms with Gasteiger partial charge in [-0.25, -0.2) is 4.99 Å². The molecule has 0 radical (unpaired) electrons. The second-order valence-electron chi connectivity index (χ2n) is 3.56. The molecule has 1 aliphatic heterocycles. The number of hydrogen-bond acceptors (Lipinski definition) is 3. The van der Waals surface area contributed by atoms with Crippen molar-refractivity contribution in [1.29, 1.82) is 0 Å². The fourth-order valence-corrected chi connectivity index (χ4v) is 0.761. The van der Waals surface area contributed by atoms with E-state index < -0.39 is 0 Å². The van der Waals surface area contributed by atoms with E-state index in [1.807, 2.05) is 20.8 Å². The van der Waals surface area contributed by atoms with Crippen LogP contribution in [0.4, 0.5) is 0 Å². The number of aliphatic imine (C=N–C) groups is 2. The standard InChI is InChI=1S/C8H12N2O/c1-8(2,3)6(11)7-9-4-5-10-7/h4H,5H2,1-3H3. The van der Waals surface area contributed by atoms with Crippen molar-refractivity contribution in [2.75, 3.05) is 6.54 Å². The Hall–Kier alpha value is -0.990. The SMILES string of the molecule is CC(C)(C)C(=O)C1=NCC=N1. The van der Waals surface area contributed by atoms with Gasteiger partial charge in [0.2, 0.25) is 5.78 Å². The molecule has 1 rings (SSSR count). The van der Waals surface area contributed by atoms with Gasteiger partial charge in [0.05, 0.1) is 6.54 Å². The molecule has 0 saturated heterocycles. The first-order chi connectivity index (χ1) is 5.02. The minimum atomic E-state index is -0.361. The molecular formula is C8H12N2O. The molecule has 1 aliphatic rings. The van der Waals surface area contributed by atoms with Crippen LogP contribution in [0.25, 0.3) is 0 Å². The lowest BCUT2D eigenvalue weighted by Gasteiger charge is -2.14. The Morgan fingerprint density at radius 3 is 2.55 bits per heavy atom. The summed E-state index contributed by atoms with van der Waals surface area (Å²) in [7, 11) is 0. The largest absolute Gasteiger partial charge is 0.290 e. The third kappa shape index (κ3) is 1.73. The summed E-state index contributed by atoms with van der Waals surface area (Å²) in [5.41, 5.74) is -0.361. The minimum Gasteiger partial charge on any atom is -0.290 e. The third-order valence-corrected chi connectivity index (χ3v) is 1.42. The van der Waals surface area contributed by atoms with Crippen LogP contribution in [-0.2, 0) is 4.79 Å². The van der Waals surface area contributed by atoms with E-state index in [0.717, 1.165) is 0 Å². The van der Waals surface area contributed by atoms with Crippen LogP contribution in [0.5, 0.6) is 0 Å². The molecule has 0 aromatic rings. The third-order valence-electron chi connectivity index (χ3n) is 1.42. The maximum absolute atomic E-state index is 11.4. The molecule has 0 aromatic heterocycles. The van der Waals surface area contributed by atoms with Crippen LogP contribution in [0.1, 0.15) is 20.8 Å². The topological polar surface area (TPSA) is 41.8 Å². The highest BCUT2D eigenvalue weighted by molar-refractivity contribution is 6.42. The predicted octanol–water partition coefficient (Wildman–Crippen LogP) is 1.08. The van der Waals surface area contributed by atoms with E-state index in [-0.39, 0.29) is 11.2 Å². The number of ketones is 1. The zero-order valence-electron chi connectivity index (χ0n) is 7.09. The number of Topliss-reactive ketones (excluding diaryl/α,β-unsaturated/α-hetero) is 1. The summed E-state index contributed by atoms with van der Waals surface area (Å²) in [6.45, 7) is 6.15. The summed E-state index contributed by atoms with van der Waals surface area (Å²) in [4.78, 5) is 19.2. The normalized spacial score (nSPS) is 16.8. The summed E-state index contributed by atoms with van der Waals surface area (Å²) < 4.78 is 0. The molecule has 0 fully saturated rings. The van der Waals surface area contributed by atoms with E-state index >= 15 is 0 Å². The highest BCUT2D eigenvalue weighted by atomic mass is 16.1. The molecule has 0 saturated carbocycles. The zero-order chi connectivity index (χ0) is 8.48. The quantitative estimate of drug-likeness (QED) is 0.554. The summed E-state index contributed by atoms with van der Waals surface area (Å²) in [5.74, 6) is 0.392. The van der Waals surface area contributed by atoms with Crippen molar-refractivity contribution in [3.63, 3.8) is 0 Å². The van der Waals surface area contributed by atoms with Gasteiger partial charge in [0.1, 0.15) is 0 Å². The van der Waals surface area contributed by atoms with Gasteiger partial charge < -0.3 is 0 Å². The first kappa shape index (κ1) is 8.11. The molecule has 60 valence electrons. The Kier molecular flexibility index (Phi) is 1.89. The van der Waals surface area contributed by atoms with Gasteiger partial charge in [-0.1, -0.05) is 20.8 Å². The first-order valence-electron chi connectivity index (χ1n) is 3.63. The van der Waals surface area contributed by atoms with Crippen molar-refractivity contribution in [1.82, 2.24) is 0 Å². The lowest BCUT2D eigenvalue weighted by molar-refractivity contribution is -0.119. The van der Waals surface area contributed by atoms with Crippen molar-refractivity contribution in [2.24, 2.45) is 15.4 Å². The van der Waals surface area contributed by atoms with Gasteiger partial charge >= 0.3 is 0 Å². The first-order valence-corrected chi connectivity index (χ1v) is 3.63. The molecule has 0 N–H and O–H groups in total. The second-order valence-corrected chi connectivity index (χ2v) is 3.56. The lowest BCUT2D eigenvalue weighted by Crippen LogP contribution is -2.26. The molecule has 11 heavy (non-hydrogen) atoms. The van der Waals surface area contributed by atoms with Crippen molar-refractivity contribution < 1.29 is 4.79 Å². The van der Waals surface area contributed by atoms with Gasteiger partial charge in [-0.3, -0.25) is 9.79 Å². The van der Waals surface area contributed by atoms with Gasteiger partial charge in [0.25, 0.3) is 0 Å². The number of amidine groups is 1. The molecule has 0 unspecified atom stereocenters. The van der Waals surface area contributed by atoms with Gasteiger partial charge in [-0.2, -0.15) is 0 Å². The molecule has 3 heteroatoms. The van der Waals surface area contributed by atoms with E-state index in [2.05, 4.69) is 9.98 Å². The number of nitrogens with zero attached hydrogens (tertiary/aromatic N) is 2. The Morgan fingerprint density at radius 1 is 1.55 bits per heavy atom. The summed E-state index contributed by atoms with van der Waals surface area (Å²) in [6.07, 6.45) is 1.65. The number of rotatable bonds is 1. The Bertz CT molecular complexity index is 233. The van der Waals surface area contributed by atoms with Crippen LogP contribution in [0, 0.1) is 5.41 Å². The number of carbonyl (C=O) groups is 1. The van der Waals surface area contributed by atoms with Gasteiger partial charge in [0.15, 0.2) is 5.84 Å². The fourth-order valence-electron chi connectivity index (χ4n) is 0.761. The van der Waals surface area contributed by atoms with Crippen LogP contribution in [-0.4, -0.2) is 24.4 Å². The molecule has 1 heterocycles. The van der Waals surface area contributed by atoms with Crippen molar-refractivity contribution >= 4 is 17.8 Å². The van der Waals surface area contributed by atoms with E-state index in [9.17, 15) is 4.79 Å². The van der Waals surface area contributed by atoms with Crippen molar-refractivity contribution in [2.45, 2.75) is 20.8 Å². The van der Waals surface area contributed by atoms with E-state index in [1.165, 1.54) is 0 Å².